The van der Waals surface area contributed by atoms with Crippen LogP contribution in [0.3, 0.4) is 0 Å². The number of carbonyl (C=O) groups is 1. The van der Waals surface area contributed by atoms with E-state index in [1.165, 1.54) is 24.5 Å². The number of likely N-dealkylation sites (N-methyl/N-ethyl adjacent to an activating group) is 2. The number of aryl methyl sites for hydroxylation is 2. The molecular weight excluding hydrogens is 849 g/mol. The van der Waals surface area contributed by atoms with Crippen molar-refractivity contribution in [2.75, 3.05) is 20.6 Å². The van der Waals surface area contributed by atoms with Crippen LogP contribution >= 0.6 is 0 Å². The minimum atomic E-state index is -1.79. The Balaban J connectivity index is 1.23. The highest BCUT2D eigenvalue weighted by Gasteiger charge is 2.50. The molecule has 370 valence electrons. The first-order chi connectivity index (χ1) is 31.0. The molecule has 14 atom stereocenters. The summed E-state index contributed by atoms with van der Waals surface area (Å²) < 4.78 is 22.1. The van der Waals surface area contributed by atoms with Crippen LogP contribution in [0.5, 0.6) is 5.75 Å². The van der Waals surface area contributed by atoms with E-state index in [0.29, 0.717) is 26.1 Å². The number of aromatic nitrogens is 4. The van der Waals surface area contributed by atoms with Gasteiger partial charge >= 0.3 is 5.97 Å². The molecule has 4 heterocycles. The Labute approximate surface area is 390 Å². The fourth-order valence-electron chi connectivity index (χ4n) is 10.00. The highest BCUT2D eigenvalue weighted by atomic mass is 16.7. The Morgan fingerprint density at radius 1 is 0.939 bits per heavy atom. The molecule has 0 unspecified atom stereocenters. The van der Waals surface area contributed by atoms with Gasteiger partial charge in [0, 0.05) is 55.9 Å². The van der Waals surface area contributed by atoms with Gasteiger partial charge in [0.2, 0.25) is 0 Å². The molecule has 0 saturated carbocycles. The zero-order valence-electron chi connectivity index (χ0n) is 40.7. The third-order valence-corrected chi connectivity index (χ3v) is 14.1. The van der Waals surface area contributed by atoms with Gasteiger partial charge < -0.3 is 54.3 Å². The average Bonchev–Trinajstić information content (AvgIpc) is 3.75. The van der Waals surface area contributed by atoms with Crippen LogP contribution in [0.1, 0.15) is 106 Å². The fourth-order valence-corrected chi connectivity index (χ4v) is 10.00. The zero-order chi connectivity index (χ0) is 48.7. The number of aliphatic hydroxyl groups is 5. The van der Waals surface area contributed by atoms with E-state index in [9.17, 15) is 40.2 Å². The molecule has 6 N–H and O–H groups in total. The highest BCUT2D eigenvalue weighted by Crippen LogP contribution is 2.37. The lowest BCUT2D eigenvalue weighted by molar-refractivity contribution is -0.300. The third kappa shape index (κ3) is 13.0. The SMILES string of the molecule is CC[C@H]1OC(=O)[C@H](C)[C@@H](O)[C@H](C)[C@@H](O[C@@H]2O[C@H](C)C[C@H](N(C)Cc3ccc(-c4cn(CCCCCCn5cccc(O)c5=O)nn4)cc3)[C@H]2O)[C@](C)(O)C[C@@H](C)CN(C)[C@H](C)[C@@H](O)[C@]1(C)O. The van der Waals surface area contributed by atoms with Crippen LogP contribution < -0.4 is 5.56 Å². The van der Waals surface area contributed by atoms with Crippen LogP contribution in [0.4, 0.5) is 0 Å². The molecule has 17 nitrogen and oxygen atoms in total. The molecule has 2 fully saturated rings. The van der Waals surface area contributed by atoms with E-state index < -0.39 is 77.9 Å². The predicted octanol–water partition coefficient (Wildman–Crippen LogP) is 3.93. The number of unbranched alkanes of at least 4 members (excludes halogenated alkanes) is 3. The largest absolute Gasteiger partial charge is 0.503 e. The van der Waals surface area contributed by atoms with E-state index in [2.05, 4.69) is 15.2 Å². The van der Waals surface area contributed by atoms with Crippen LogP contribution in [-0.2, 0) is 38.6 Å². The van der Waals surface area contributed by atoms with Gasteiger partial charge in [-0.25, -0.2) is 0 Å². The maximum absolute atomic E-state index is 13.6. The molecule has 2 saturated heterocycles. The van der Waals surface area contributed by atoms with Crippen LogP contribution in [0.15, 0.2) is 53.6 Å². The van der Waals surface area contributed by atoms with Gasteiger partial charge in [-0.05, 0) is 104 Å². The Hall–Kier alpha value is -3.78. The predicted molar refractivity (Wildman–Crippen MR) is 249 cm³/mol. The van der Waals surface area contributed by atoms with Crippen molar-refractivity contribution in [2.24, 2.45) is 17.8 Å². The van der Waals surface area contributed by atoms with E-state index in [1.54, 1.807) is 40.0 Å². The van der Waals surface area contributed by atoms with Gasteiger partial charge in [-0.15, -0.1) is 5.10 Å². The number of hydrogen-bond donors (Lipinski definition) is 6. The van der Waals surface area contributed by atoms with E-state index in [4.69, 9.17) is 14.2 Å². The maximum atomic E-state index is 13.6. The summed E-state index contributed by atoms with van der Waals surface area (Å²) in [6.07, 6.45) is 0.772. The molecule has 0 aliphatic carbocycles. The van der Waals surface area contributed by atoms with Crippen molar-refractivity contribution in [1.29, 1.82) is 0 Å². The Morgan fingerprint density at radius 3 is 2.27 bits per heavy atom. The summed E-state index contributed by atoms with van der Waals surface area (Å²) in [5, 5.41) is 77.3. The molecule has 2 aromatic heterocycles. The molecule has 0 amide bonds. The number of cyclic esters (lactones) is 1. The number of pyridine rings is 1. The van der Waals surface area contributed by atoms with Crippen LogP contribution in [0.25, 0.3) is 11.3 Å². The molecule has 66 heavy (non-hydrogen) atoms. The van der Waals surface area contributed by atoms with Gasteiger partial charge in [-0.2, -0.15) is 0 Å². The second kappa shape index (κ2) is 23.0. The molecule has 5 rings (SSSR count). The summed E-state index contributed by atoms with van der Waals surface area (Å²) in [5.74, 6) is -3.10. The summed E-state index contributed by atoms with van der Waals surface area (Å²) in [5.41, 5.74) is -1.04. The number of nitrogens with zero attached hydrogens (tertiary/aromatic N) is 6. The summed E-state index contributed by atoms with van der Waals surface area (Å²) in [6.45, 7) is 16.0. The molecule has 1 aromatic carbocycles. The number of rotatable bonds is 14. The van der Waals surface area contributed by atoms with Crippen LogP contribution in [0.2, 0.25) is 0 Å². The molecule has 0 spiro atoms. The standard InChI is InChI=1S/C49H78N6O11/c1-11-40-49(8,63)43(59)34(6)52(9)27-30(2)26-48(7,62)44(32(4)41(57)33(5)46(61)65-40)66-47-42(58)38(25-31(3)64-47)53(10)28-35-18-20-36(21-19-35)37-29-55(51-50-37)24-15-13-12-14-22-54-23-16-17-39(56)45(54)60/h16-21,23,29-34,38,40-44,47,56-59,62-63H,11-15,22,24-28H2,1-10H3/t30-,31-,32+,33-,34-,38+,40-,41+,42-,43-,44-,47+,48-,49-/m1/s1. The minimum Gasteiger partial charge on any atom is -0.503 e. The first-order valence-electron chi connectivity index (χ1n) is 23.8. The van der Waals surface area contributed by atoms with Gasteiger partial charge in [0.1, 0.15) is 29.6 Å². The van der Waals surface area contributed by atoms with Crippen LogP contribution in [0, 0.1) is 17.8 Å². The highest BCUT2D eigenvalue weighted by molar-refractivity contribution is 5.73. The Kier molecular flexibility index (Phi) is 18.5. The van der Waals surface area contributed by atoms with Crippen molar-refractivity contribution < 1.29 is 49.6 Å². The number of benzene rings is 1. The number of esters is 1. The lowest BCUT2D eigenvalue weighted by Crippen LogP contribution is -2.59. The van der Waals surface area contributed by atoms with E-state index in [1.807, 2.05) is 68.0 Å². The van der Waals surface area contributed by atoms with Crippen LogP contribution in [-0.4, -0.2) is 153 Å². The quantitative estimate of drug-likeness (QED) is 0.0996. The second-order valence-corrected chi connectivity index (χ2v) is 19.9. The van der Waals surface area contributed by atoms with Gasteiger partial charge in [-0.3, -0.25) is 19.2 Å². The minimum absolute atomic E-state index is 0.157. The maximum Gasteiger partial charge on any atom is 0.311 e. The average molecular weight is 927 g/mol. The van der Waals surface area contributed by atoms with Crippen molar-refractivity contribution in [3.63, 3.8) is 0 Å². The van der Waals surface area contributed by atoms with E-state index in [-0.39, 0.29) is 36.2 Å². The molecule has 2 aliphatic rings. The monoisotopic (exact) mass is 927 g/mol. The van der Waals surface area contributed by atoms with Gasteiger partial charge in [0.25, 0.3) is 5.56 Å². The molecule has 0 bridgehead atoms. The van der Waals surface area contributed by atoms with E-state index >= 15 is 0 Å². The number of ether oxygens (including phenoxy) is 3. The topological polar surface area (TPSA) is 225 Å². The smallest absolute Gasteiger partial charge is 0.311 e. The molecule has 0 radical (unpaired) electrons. The lowest BCUT2D eigenvalue weighted by atomic mass is 9.78. The van der Waals surface area contributed by atoms with Crippen molar-refractivity contribution in [3.05, 3.63) is 64.7 Å². The fraction of sp³-hybridized carbons (Fsp3) is 0.714. The molecule has 3 aromatic rings. The summed E-state index contributed by atoms with van der Waals surface area (Å²) >= 11 is 0. The third-order valence-electron chi connectivity index (χ3n) is 14.1. The summed E-state index contributed by atoms with van der Waals surface area (Å²) in [6, 6.07) is 10.2. The Bertz CT molecular complexity index is 2040. The van der Waals surface area contributed by atoms with Gasteiger partial charge in [0.15, 0.2) is 12.0 Å². The zero-order valence-corrected chi connectivity index (χ0v) is 40.7. The Morgan fingerprint density at radius 2 is 1.61 bits per heavy atom. The van der Waals surface area contributed by atoms with Gasteiger partial charge in [-0.1, -0.05) is 63.1 Å². The molecule has 17 heteroatoms. The molecular formula is C49H78N6O11. The second-order valence-electron chi connectivity index (χ2n) is 19.9. The van der Waals surface area contributed by atoms with Gasteiger partial charge in [0.05, 0.1) is 36.0 Å². The first-order valence-corrected chi connectivity index (χ1v) is 23.8. The van der Waals surface area contributed by atoms with Crippen molar-refractivity contribution >= 4 is 5.97 Å². The van der Waals surface area contributed by atoms with Crippen molar-refractivity contribution in [1.82, 2.24) is 29.4 Å². The molecule has 2 aliphatic heterocycles. The normalized spacial score (nSPS) is 34.5. The lowest BCUT2D eigenvalue weighted by Gasteiger charge is -2.47. The van der Waals surface area contributed by atoms with Crippen molar-refractivity contribution in [3.8, 4) is 17.0 Å². The number of hydrogen-bond acceptors (Lipinski definition) is 15. The first kappa shape index (κ1) is 53.2. The summed E-state index contributed by atoms with van der Waals surface area (Å²) in [7, 11) is 3.76. The number of carbonyl (C=O) groups excluding carboxylic acids is 1. The summed E-state index contributed by atoms with van der Waals surface area (Å²) in [4.78, 5) is 29.6. The number of aromatic hydroxyl groups is 1. The van der Waals surface area contributed by atoms with Crippen molar-refractivity contribution in [2.45, 2.75) is 186 Å². The number of aliphatic hydroxyl groups excluding tert-OH is 3. The van der Waals surface area contributed by atoms with E-state index in [0.717, 1.165) is 49.0 Å².